The van der Waals surface area contributed by atoms with Crippen molar-refractivity contribution in [1.29, 1.82) is 0 Å². The van der Waals surface area contributed by atoms with Gasteiger partial charge in [-0.15, -0.1) is 0 Å². The van der Waals surface area contributed by atoms with Gasteiger partial charge in [-0.25, -0.2) is 4.98 Å². The van der Waals surface area contributed by atoms with E-state index in [-0.39, 0.29) is 0 Å². The predicted molar refractivity (Wildman–Crippen MR) is 51.7 cm³/mol. The fourth-order valence-corrected chi connectivity index (χ4v) is 1.12. The SMILES string of the molecule is [N-]=[N+]=Nc1ccc(-c2c[nH][c]n2)cc1. The number of aromatic amines is 1. The molecule has 0 fully saturated rings. The van der Waals surface area contributed by atoms with Crippen LogP contribution in [-0.2, 0) is 0 Å². The molecule has 5 heteroatoms. The smallest absolute Gasteiger partial charge is 0.174 e. The normalized spacial score (nSPS) is 9.43. The highest BCUT2D eigenvalue weighted by atomic mass is 15.1. The molecule has 1 aromatic heterocycles. The summed E-state index contributed by atoms with van der Waals surface area (Å²) in [6.07, 6.45) is 4.36. The van der Waals surface area contributed by atoms with Gasteiger partial charge in [-0.3, -0.25) is 0 Å². The number of nitrogens with one attached hydrogen (secondary N) is 1. The minimum Gasteiger partial charge on any atom is -0.341 e. The van der Waals surface area contributed by atoms with Crippen LogP contribution in [0.15, 0.2) is 35.6 Å². The Morgan fingerprint density at radius 1 is 1.36 bits per heavy atom. The van der Waals surface area contributed by atoms with Crippen molar-refractivity contribution >= 4 is 5.69 Å². The van der Waals surface area contributed by atoms with Crippen molar-refractivity contribution in [2.45, 2.75) is 0 Å². The van der Waals surface area contributed by atoms with Gasteiger partial charge in [0.15, 0.2) is 6.33 Å². The second kappa shape index (κ2) is 3.64. The van der Waals surface area contributed by atoms with Gasteiger partial charge in [0.2, 0.25) is 0 Å². The summed E-state index contributed by atoms with van der Waals surface area (Å²) in [5.41, 5.74) is 10.6. The van der Waals surface area contributed by atoms with Crippen LogP contribution in [0.3, 0.4) is 0 Å². The molecule has 0 aliphatic heterocycles. The van der Waals surface area contributed by atoms with Gasteiger partial charge >= 0.3 is 0 Å². The molecule has 0 saturated heterocycles. The number of hydrogen-bond acceptors (Lipinski definition) is 2. The Morgan fingerprint density at radius 2 is 2.14 bits per heavy atom. The molecule has 1 N–H and O–H groups in total. The molecule has 1 aromatic carbocycles. The van der Waals surface area contributed by atoms with Crippen LogP contribution < -0.4 is 0 Å². The van der Waals surface area contributed by atoms with E-state index in [1.807, 2.05) is 12.1 Å². The number of H-pyrrole nitrogens is 1. The van der Waals surface area contributed by atoms with Gasteiger partial charge in [-0.1, -0.05) is 29.4 Å². The van der Waals surface area contributed by atoms with Crippen LogP contribution in [0.5, 0.6) is 0 Å². The van der Waals surface area contributed by atoms with E-state index in [0.717, 1.165) is 11.3 Å². The Morgan fingerprint density at radius 3 is 2.71 bits per heavy atom. The molecule has 0 spiro atoms. The molecule has 0 aliphatic carbocycles. The van der Waals surface area contributed by atoms with Crippen LogP contribution >= 0.6 is 0 Å². The van der Waals surface area contributed by atoms with Crippen molar-refractivity contribution in [3.05, 3.63) is 47.2 Å². The van der Waals surface area contributed by atoms with Gasteiger partial charge in [0.05, 0.1) is 5.69 Å². The van der Waals surface area contributed by atoms with Crippen molar-refractivity contribution in [1.82, 2.24) is 9.97 Å². The Labute approximate surface area is 80.1 Å². The Bertz CT molecular complexity index is 450. The molecule has 67 valence electrons. The third kappa shape index (κ3) is 1.57. The molecular weight excluding hydrogens is 178 g/mol. The van der Waals surface area contributed by atoms with Crippen LogP contribution in [0.1, 0.15) is 0 Å². The first kappa shape index (κ1) is 8.34. The van der Waals surface area contributed by atoms with E-state index in [1.54, 1.807) is 18.3 Å². The molecule has 0 unspecified atom stereocenters. The van der Waals surface area contributed by atoms with Crippen LogP contribution in [0.4, 0.5) is 5.69 Å². The topological polar surface area (TPSA) is 77.4 Å². The highest BCUT2D eigenvalue weighted by Crippen LogP contribution is 2.20. The van der Waals surface area contributed by atoms with Crippen molar-refractivity contribution in [2.24, 2.45) is 5.11 Å². The number of azide groups is 1. The highest BCUT2D eigenvalue weighted by molar-refractivity contribution is 5.60. The van der Waals surface area contributed by atoms with Crippen LogP contribution in [-0.4, -0.2) is 9.97 Å². The summed E-state index contributed by atoms with van der Waals surface area (Å²) in [4.78, 5) is 9.42. The second-order valence-corrected chi connectivity index (χ2v) is 2.63. The maximum absolute atomic E-state index is 8.21. The molecule has 1 radical (unpaired) electrons. The third-order valence-electron chi connectivity index (χ3n) is 1.77. The van der Waals surface area contributed by atoms with Crippen molar-refractivity contribution in [3.63, 3.8) is 0 Å². The standard InChI is InChI=1S/C9H6N5/c10-14-13-8-3-1-7(2-4-8)9-5-11-6-12-9/h1-5H,(H,11,12). The lowest BCUT2D eigenvalue weighted by atomic mass is 10.1. The molecule has 0 aliphatic rings. The number of hydrogen-bond donors (Lipinski definition) is 1. The molecule has 0 atom stereocenters. The predicted octanol–water partition coefficient (Wildman–Crippen LogP) is 2.82. The maximum atomic E-state index is 8.21. The van der Waals surface area contributed by atoms with Gasteiger partial charge < -0.3 is 4.98 Å². The van der Waals surface area contributed by atoms with E-state index in [1.165, 1.54) is 0 Å². The lowest BCUT2D eigenvalue weighted by Crippen LogP contribution is -1.74. The van der Waals surface area contributed by atoms with E-state index in [4.69, 9.17) is 5.53 Å². The Hall–Kier alpha value is -2.26. The Kier molecular flexibility index (Phi) is 2.17. The van der Waals surface area contributed by atoms with E-state index >= 15 is 0 Å². The van der Waals surface area contributed by atoms with Crippen LogP contribution in [0, 0.1) is 6.33 Å². The first-order valence-corrected chi connectivity index (χ1v) is 3.97. The summed E-state index contributed by atoms with van der Waals surface area (Å²) in [7, 11) is 0. The van der Waals surface area contributed by atoms with E-state index in [0.29, 0.717) is 5.69 Å². The lowest BCUT2D eigenvalue weighted by Gasteiger charge is -1.95. The van der Waals surface area contributed by atoms with Gasteiger partial charge in [-0.2, -0.15) is 0 Å². The molecule has 0 saturated carbocycles. The number of aromatic nitrogens is 2. The zero-order valence-corrected chi connectivity index (χ0v) is 7.18. The number of imidazole rings is 1. The molecule has 14 heavy (non-hydrogen) atoms. The van der Waals surface area contributed by atoms with Crippen LogP contribution in [0.25, 0.3) is 21.7 Å². The largest absolute Gasteiger partial charge is 0.341 e. The fourth-order valence-electron chi connectivity index (χ4n) is 1.12. The van der Waals surface area contributed by atoms with Gasteiger partial charge in [0.25, 0.3) is 0 Å². The fraction of sp³-hybridized carbons (Fsp3) is 0. The molecule has 1 heterocycles. The first-order valence-electron chi connectivity index (χ1n) is 3.97. The van der Waals surface area contributed by atoms with Gasteiger partial charge in [0, 0.05) is 22.4 Å². The van der Waals surface area contributed by atoms with Crippen molar-refractivity contribution in [3.8, 4) is 11.3 Å². The summed E-state index contributed by atoms with van der Waals surface area (Å²) >= 11 is 0. The van der Waals surface area contributed by atoms with Crippen LogP contribution in [0.2, 0.25) is 0 Å². The van der Waals surface area contributed by atoms with Crippen molar-refractivity contribution < 1.29 is 0 Å². The lowest BCUT2D eigenvalue weighted by molar-refractivity contribution is 1.29. The Balaban J connectivity index is 2.35. The van der Waals surface area contributed by atoms with E-state index < -0.39 is 0 Å². The monoisotopic (exact) mass is 184 g/mol. The summed E-state index contributed by atoms with van der Waals surface area (Å²) in [5.74, 6) is 0. The third-order valence-corrected chi connectivity index (χ3v) is 1.77. The number of benzene rings is 1. The van der Waals surface area contributed by atoms with Gasteiger partial charge in [0.1, 0.15) is 0 Å². The molecule has 2 rings (SSSR count). The maximum Gasteiger partial charge on any atom is 0.174 e. The number of rotatable bonds is 2. The average molecular weight is 184 g/mol. The zero-order chi connectivity index (χ0) is 9.80. The first-order chi connectivity index (χ1) is 6.90. The molecular formula is C9H6N5. The zero-order valence-electron chi connectivity index (χ0n) is 7.18. The van der Waals surface area contributed by atoms with E-state index in [2.05, 4.69) is 26.3 Å². The molecule has 0 bridgehead atoms. The quantitative estimate of drug-likeness (QED) is 0.434. The second-order valence-electron chi connectivity index (χ2n) is 2.63. The summed E-state index contributed by atoms with van der Waals surface area (Å²) < 4.78 is 0. The number of nitrogens with zero attached hydrogens (tertiary/aromatic N) is 4. The highest BCUT2D eigenvalue weighted by Gasteiger charge is 1.98. The summed E-state index contributed by atoms with van der Waals surface area (Å²) in [6, 6.07) is 7.16. The average Bonchev–Trinajstić information content (AvgIpc) is 2.72. The van der Waals surface area contributed by atoms with E-state index in [9.17, 15) is 0 Å². The molecule has 2 aromatic rings. The molecule has 5 nitrogen and oxygen atoms in total. The van der Waals surface area contributed by atoms with Crippen molar-refractivity contribution in [2.75, 3.05) is 0 Å². The minimum atomic E-state index is 0.593. The summed E-state index contributed by atoms with van der Waals surface area (Å²) in [6.45, 7) is 0. The molecule has 0 amide bonds. The minimum absolute atomic E-state index is 0.593. The summed E-state index contributed by atoms with van der Waals surface area (Å²) in [5, 5.41) is 3.47. The van der Waals surface area contributed by atoms with Gasteiger partial charge in [-0.05, 0) is 5.53 Å².